The van der Waals surface area contributed by atoms with Crippen molar-refractivity contribution in [1.82, 2.24) is 20.5 Å². The van der Waals surface area contributed by atoms with Gasteiger partial charge in [-0.05, 0) is 6.42 Å². The van der Waals surface area contributed by atoms with E-state index in [4.69, 9.17) is 0 Å². The van der Waals surface area contributed by atoms with Crippen molar-refractivity contribution >= 4 is 24.8 Å². The average molecular weight is 255 g/mol. The Balaban J connectivity index is 0.000000980. The van der Waals surface area contributed by atoms with E-state index < -0.39 is 0 Å². The molecule has 0 aromatic carbocycles. The average Bonchev–Trinajstić information content (AvgIpc) is 2.71. The second-order valence-electron chi connectivity index (χ2n) is 3.34. The van der Waals surface area contributed by atoms with Crippen molar-refractivity contribution in [3.05, 3.63) is 11.6 Å². The van der Waals surface area contributed by atoms with Gasteiger partial charge in [-0.1, -0.05) is 6.92 Å². The lowest BCUT2D eigenvalue weighted by atomic mass is 10.2. The molecule has 1 saturated heterocycles. The molecule has 0 spiro atoms. The summed E-state index contributed by atoms with van der Waals surface area (Å²) in [6, 6.07) is 0.141. The van der Waals surface area contributed by atoms with E-state index in [1.54, 1.807) is 0 Å². The SMILES string of the molecule is CCc1n[nH]c([C@@H]2C[C@@H](O)CN2)n1.Cl.Cl. The minimum atomic E-state index is -0.250. The van der Waals surface area contributed by atoms with Crippen LogP contribution in [0.25, 0.3) is 0 Å². The Hall–Kier alpha value is -0.360. The number of hydrogen-bond acceptors (Lipinski definition) is 4. The largest absolute Gasteiger partial charge is 0.392 e. The summed E-state index contributed by atoms with van der Waals surface area (Å²) < 4.78 is 0. The van der Waals surface area contributed by atoms with Crippen molar-refractivity contribution in [3.63, 3.8) is 0 Å². The first kappa shape index (κ1) is 14.6. The van der Waals surface area contributed by atoms with E-state index in [2.05, 4.69) is 20.5 Å². The number of rotatable bonds is 2. The van der Waals surface area contributed by atoms with Crippen molar-refractivity contribution in [2.75, 3.05) is 6.54 Å². The molecule has 88 valence electrons. The molecule has 2 heterocycles. The molecule has 5 nitrogen and oxygen atoms in total. The predicted octanol–water partition coefficient (Wildman–Crippen LogP) is 0.606. The highest BCUT2D eigenvalue weighted by molar-refractivity contribution is 5.85. The molecule has 1 aliphatic rings. The summed E-state index contributed by atoms with van der Waals surface area (Å²) in [5, 5.41) is 19.4. The molecule has 1 aromatic heterocycles. The van der Waals surface area contributed by atoms with Crippen LogP contribution in [0.5, 0.6) is 0 Å². The van der Waals surface area contributed by atoms with Crippen LogP contribution in [0.2, 0.25) is 0 Å². The number of aliphatic hydroxyl groups excluding tert-OH is 1. The van der Waals surface area contributed by atoms with Crippen LogP contribution in [0.3, 0.4) is 0 Å². The summed E-state index contributed by atoms with van der Waals surface area (Å²) in [5.74, 6) is 1.67. The third kappa shape index (κ3) is 3.31. The standard InChI is InChI=1S/C8H14N4O.2ClH/c1-2-7-10-8(12-11-7)6-3-5(13)4-9-6;;/h5-6,9,13H,2-4H2,1H3,(H,10,11,12);2*1H/t5-,6+;;/m1../s1. The molecule has 0 unspecified atom stereocenters. The lowest BCUT2D eigenvalue weighted by Crippen LogP contribution is -2.15. The molecule has 0 aliphatic carbocycles. The van der Waals surface area contributed by atoms with E-state index in [1.807, 2.05) is 6.92 Å². The lowest BCUT2D eigenvalue weighted by Gasteiger charge is -2.03. The van der Waals surface area contributed by atoms with Gasteiger partial charge < -0.3 is 10.4 Å². The molecule has 1 aliphatic heterocycles. The van der Waals surface area contributed by atoms with Crippen LogP contribution >= 0.6 is 24.8 Å². The zero-order valence-corrected chi connectivity index (χ0v) is 10.1. The predicted molar refractivity (Wildman–Crippen MR) is 61.6 cm³/mol. The second kappa shape index (κ2) is 6.27. The highest BCUT2D eigenvalue weighted by Crippen LogP contribution is 2.19. The molecule has 3 N–H and O–H groups in total. The Morgan fingerprint density at radius 3 is 2.67 bits per heavy atom. The number of β-amino-alcohol motifs (C(OH)–C–C–N with tert-alkyl or cyclic N) is 1. The Morgan fingerprint density at radius 2 is 2.20 bits per heavy atom. The van der Waals surface area contributed by atoms with Gasteiger partial charge >= 0.3 is 0 Å². The zero-order valence-electron chi connectivity index (χ0n) is 8.43. The Bertz CT molecular complexity index is 294. The van der Waals surface area contributed by atoms with E-state index in [-0.39, 0.29) is 37.0 Å². The van der Waals surface area contributed by atoms with E-state index in [9.17, 15) is 5.11 Å². The number of aromatic nitrogens is 3. The summed E-state index contributed by atoms with van der Waals surface area (Å²) in [4.78, 5) is 4.30. The number of halogens is 2. The van der Waals surface area contributed by atoms with Crippen molar-refractivity contribution < 1.29 is 5.11 Å². The first-order chi connectivity index (χ1) is 6.29. The minimum Gasteiger partial charge on any atom is -0.392 e. The maximum absolute atomic E-state index is 9.30. The van der Waals surface area contributed by atoms with Crippen molar-refractivity contribution in [1.29, 1.82) is 0 Å². The number of nitrogens with zero attached hydrogens (tertiary/aromatic N) is 2. The van der Waals surface area contributed by atoms with E-state index in [1.165, 1.54) is 0 Å². The lowest BCUT2D eigenvalue weighted by molar-refractivity contribution is 0.193. The summed E-state index contributed by atoms with van der Waals surface area (Å²) >= 11 is 0. The van der Waals surface area contributed by atoms with Gasteiger partial charge in [0, 0.05) is 13.0 Å². The van der Waals surface area contributed by atoms with Crippen molar-refractivity contribution in [2.24, 2.45) is 0 Å². The molecule has 2 atom stereocenters. The van der Waals surface area contributed by atoms with Gasteiger partial charge in [-0.2, -0.15) is 5.10 Å². The number of hydrogen-bond donors (Lipinski definition) is 3. The number of aromatic amines is 1. The summed E-state index contributed by atoms with van der Waals surface area (Å²) in [6.07, 6.45) is 1.31. The summed E-state index contributed by atoms with van der Waals surface area (Å²) in [7, 11) is 0. The van der Waals surface area contributed by atoms with E-state index >= 15 is 0 Å². The van der Waals surface area contributed by atoms with Crippen LogP contribution < -0.4 is 5.32 Å². The molecule has 0 saturated carbocycles. The van der Waals surface area contributed by atoms with Crippen molar-refractivity contribution in [3.8, 4) is 0 Å². The fourth-order valence-corrected chi connectivity index (χ4v) is 1.55. The third-order valence-electron chi connectivity index (χ3n) is 2.30. The van der Waals surface area contributed by atoms with Crippen molar-refractivity contribution in [2.45, 2.75) is 31.9 Å². The Kier molecular flexibility index (Phi) is 6.12. The van der Waals surface area contributed by atoms with Gasteiger partial charge in [-0.15, -0.1) is 24.8 Å². The van der Waals surface area contributed by atoms with Gasteiger partial charge in [0.1, 0.15) is 11.6 Å². The van der Waals surface area contributed by atoms with Gasteiger partial charge in [0.2, 0.25) is 0 Å². The third-order valence-corrected chi connectivity index (χ3v) is 2.30. The van der Waals surface area contributed by atoms with Crippen LogP contribution in [0, 0.1) is 0 Å². The number of aryl methyl sites for hydroxylation is 1. The molecule has 2 rings (SSSR count). The van der Waals surface area contributed by atoms with Crippen LogP contribution in [0.1, 0.15) is 31.0 Å². The Morgan fingerprint density at radius 1 is 1.47 bits per heavy atom. The number of nitrogens with one attached hydrogen (secondary N) is 2. The summed E-state index contributed by atoms with van der Waals surface area (Å²) in [6.45, 7) is 2.66. The first-order valence-corrected chi connectivity index (χ1v) is 4.62. The smallest absolute Gasteiger partial charge is 0.150 e. The molecular formula is C8H16Cl2N4O. The van der Waals surface area contributed by atoms with Crippen LogP contribution in [-0.4, -0.2) is 32.9 Å². The number of aliphatic hydroxyl groups is 1. The molecule has 1 fully saturated rings. The highest BCUT2D eigenvalue weighted by Gasteiger charge is 2.25. The Labute approximate surface area is 101 Å². The molecule has 0 amide bonds. The van der Waals surface area contributed by atoms with Gasteiger partial charge in [-0.3, -0.25) is 5.10 Å². The van der Waals surface area contributed by atoms with Crippen LogP contribution in [-0.2, 0) is 6.42 Å². The maximum Gasteiger partial charge on any atom is 0.150 e. The zero-order chi connectivity index (χ0) is 9.26. The molecular weight excluding hydrogens is 239 g/mol. The normalized spacial score (nSPS) is 24.4. The second-order valence-corrected chi connectivity index (χ2v) is 3.34. The maximum atomic E-state index is 9.30. The fourth-order valence-electron chi connectivity index (χ4n) is 1.55. The highest BCUT2D eigenvalue weighted by atomic mass is 35.5. The molecule has 0 radical (unpaired) electrons. The van der Waals surface area contributed by atoms with Gasteiger partial charge in [0.25, 0.3) is 0 Å². The number of H-pyrrole nitrogens is 1. The summed E-state index contributed by atoms with van der Waals surface area (Å²) in [5.41, 5.74) is 0. The monoisotopic (exact) mass is 254 g/mol. The van der Waals surface area contributed by atoms with E-state index in [0.717, 1.165) is 24.5 Å². The minimum absolute atomic E-state index is 0. The molecule has 0 bridgehead atoms. The van der Waals surface area contributed by atoms with Gasteiger partial charge in [-0.25, -0.2) is 4.98 Å². The van der Waals surface area contributed by atoms with Crippen LogP contribution in [0.15, 0.2) is 0 Å². The molecule has 1 aromatic rings. The fraction of sp³-hybridized carbons (Fsp3) is 0.750. The van der Waals surface area contributed by atoms with Gasteiger partial charge in [0.05, 0.1) is 12.1 Å². The molecule has 7 heteroatoms. The first-order valence-electron chi connectivity index (χ1n) is 4.62. The van der Waals surface area contributed by atoms with E-state index in [0.29, 0.717) is 6.54 Å². The topological polar surface area (TPSA) is 73.8 Å². The van der Waals surface area contributed by atoms with Crippen LogP contribution in [0.4, 0.5) is 0 Å². The quantitative estimate of drug-likeness (QED) is 0.723. The van der Waals surface area contributed by atoms with Gasteiger partial charge in [0.15, 0.2) is 0 Å². The molecule has 15 heavy (non-hydrogen) atoms.